The third kappa shape index (κ3) is 2.18. The smallest absolute Gasteiger partial charge is 0.193 e. The zero-order chi connectivity index (χ0) is 8.97. The Morgan fingerprint density at radius 2 is 2.25 bits per heavy atom. The van der Waals surface area contributed by atoms with E-state index in [1.165, 1.54) is 18.2 Å². The molecule has 1 aromatic carbocycles. The topological polar surface area (TPSA) is 17.1 Å². The van der Waals surface area contributed by atoms with Crippen LogP contribution in [0.1, 0.15) is 5.56 Å². The summed E-state index contributed by atoms with van der Waals surface area (Å²) in [4.78, 5) is 9.87. The summed E-state index contributed by atoms with van der Waals surface area (Å²) in [6, 6.07) is 4.32. The van der Waals surface area contributed by atoms with Gasteiger partial charge in [-0.3, -0.25) is 4.79 Å². The van der Waals surface area contributed by atoms with Gasteiger partial charge in [0.05, 0.1) is 4.47 Å². The van der Waals surface area contributed by atoms with Crippen LogP contribution in [-0.2, 0) is 4.79 Å². The monoisotopic (exact) mass is 226 g/mol. The molecule has 3 heteroatoms. The molecule has 0 saturated heterocycles. The molecule has 0 fully saturated rings. The van der Waals surface area contributed by atoms with Crippen LogP contribution in [-0.4, -0.2) is 6.29 Å². The molecule has 0 aliphatic rings. The Bertz CT molecular complexity index is 363. The minimum Gasteiger partial charge on any atom is -0.289 e. The standard InChI is InChI=1S/C9H4BrFO/c10-8-6-7(2-1-5-12)3-4-9(8)11/h3-6H. The van der Waals surface area contributed by atoms with Crippen LogP contribution in [0.3, 0.4) is 0 Å². The summed E-state index contributed by atoms with van der Waals surface area (Å²) in [6.45, 7) is 0. The van der Waals surface area contributed by atoms with E-state index in [2.05, 4.69) is 27.8 Å². The molecule has 0 saturated carbocycles. The van der Waals surface area contributed by atoms with Gasteiger partial charge in [0.2, 0.25) is 0 Å². The number of benzene rings is 1. The van der Waals surface area contributed by atoms with Crippen LogP contribution in [0.2, 0.25) is 0 Å². The first-order chi connectivity index (χ1) is 5.74. The molecule has 0 amide bonds. The van der Waals surface area contributed by atoms with Crippen LogP contribution in [0.25, 0.3) is 0 Å². The Kier molecular flexibility index (Phi) is 3.01. The molecule has 0 atom stereocenters. The van der Waals surface area contributed by atoms with E-state index in [1.807, 2.05) is 0 Å². The highest BCUT2D eigenvalue weighted by Gasteiger charge is 1.97. The van der Waals surface area contributed by atoms with Crippen molar-refractivity contribution in [3.63, 3.8) is 0 Å². The average molecular weight is 227 g/mol. The molecule has 0 aliphatic carbocycles. The molecule has 60 valence electrons. The van der Waals surface area contributed by atoms with E-state index < -0.39 is 0 Å². The SMILES string of the molecule is O=CC#Cc1ccc(F)c(Br)c1. The number of carbonyl (C=O) groups excluding carboxylic acids is 1. The van der Waals surface area contributed by atoms with Crippen molar-refractivity contribution < 1.29 is 9.18 Å². The van der Waals surface area contributed by atoms with Crippen molar-refractivity contribution in [2.24, 2.45) is 0 Å². The lowest BCUT2D eigenvalue weighted by molar-refractivity contribution is -0.103. The van der Waals surface area contributed by atoms with Crippen LogP contribution in [0.5, 0.6) is 0 Å². The van der Waals surface area contributed by atoms with Gasteiger partial charge in [-0.1, -0.05) is 5.92 Å². The zero-order valence-corrected chi connectivity index (χ0v) is 7.56. The van der Waals surface area contributed by atoms with Gasteiger partial charge in [0, 0.05) is 5.56 Å². The highest BCUT2D eigenvalue weighted by molar-refractivity contribution is 9.10. The van der Waals surface area contributed by atoms with Gasteiger partial charge < -0.3 is 0 Å². The van der Waals surface area contributed by atoms with Crippen molar-refractivity contribution in [1.82, 2.24) is 0 Å². The summed E-state index contributed by atoms with van der Waals surface area (Å²) in [5.41, 5.74) is 0.607. The Balaban J connectivity index is 3.04. The van der Waals surface area contributed by atoms with E-state index in [-0.39, 0.29) is 5.82 Å². The maximum absolute atomic E-state index is 12.7. The van der Waals surface area contributed by atoms with Crippen LogP contribution < -0.4 is 0 Å². The molecule has 1 rings (SSSR count). The Labute approximate surface area is 77.7 Å². The second kappa shape index (κ2) is 4.03. The fourth-order valence-corrected chi connectivity index (χ4v) is 1.07. The van der Waals surface area contributed by atoms with Crippen molar-refractivity contribution in [3.05, 3.63) is 34.1 Å². The Morgan fingerprint density at radius 3 is 2.83 bits per heavy atom. The third-order valence-corrected chi connectivity index (χ3v) is 1.80. The number of hydrogen-bond donors (Lipinski definition) is 0. The van der Waals surface area contributed by atoms with Crippen molar-refractivity contribution in [1.29, 1.82) is 0 Å². The van der Waals surface area contributed by atoms with Crippen molar-refractivity contribution >= 4 is 22.2 Å². The second-order valence-corrected chi connectivity index (χ2v) is 2.87. The fraction of sp³-hybridized carbons (Fsp3) is 0. The molecule has 0 radical (unpaired) electrons. The minimum atomic E-state index is -0.341. The molecule has 0 unspecified atom stereocenters. The van der Waals surface area contributed by atoms with E-state index in [1.54, 1.807) is 0 Å². The van der Waals surface area contributed by atoms with Gasteiger partial charge in [-0.2, -0.15) is 0 Å². The normalized spacial score (nSPS) is 8.50. The van der Waals surface area contributed by atoms with Crippen LogP contribution in [0.4, 0.5) is 4.39 Å². The van der Waals surface area contributed by atoms with E-state index in [9.17, 15) is 9.18 Å². The van der Waals surface area contributed by atoms with Crippen molar-refractivity contribution in [2.75, 3.05) is 0 Å². The van der Waals surface area contributed by atoms with E-state index in [0.29, 0.717) is 16.3 Å². The summed E-state index contributed by atoms with van der Waals surface area (Å²) in [5.74, 6) is 4.44. The lowest BCUT2D eigenvalue weighted by Gasteiger charge is -1.93. The molecular weight excluding hydrogens is 223 g/mol. The first kappa shape index (κ1) is 8.95. The molecule has 1 nitrogen and oxygen atoms in total. The molecule has 0 aliphatic heterocycles. The first-order valence-electron chi connectivity index (χ1n) is 3.14. The maximum atomic E-state index is 12.7. The molecule has 1 aromatic rings. The third-order valence-electron chi connectivity index (χ3n) is 1.20. The predicted molar refractivity (Wildman–Crippen MR) is 47.0 cm³/mol. The van der Waals surface area contributed by atoms with Gasteiger partial charge >= 0.3 is 0 Å². The molecule has 0 heterocycles. The lowest BCUT2D eigenvalue weighted by atomic mass is 10.2. The average Bonchev–Trinajstić information content (AvgIpc) is 2.07. The number of hydrogen-bond acceptors (Lipinski definition) is 1. The van der Waals surface area contributed by atoms with Gasteiger partial charge in [0.15, 0.2) is 6.29 Å². The fourth-order valence-electron chi connectivity index (χ4n) is 0.687. The summed E-state index contributed by atoms with van der Waals surface area (Å²) in [7, 11) is 0. The maximum Gasteiger partial charge on any atom is 0.193 e. The van der Waals surface area contributed by atoms with Gasteiger partial charge in [0.1, 0.15) is 5.82 Å². The first-order valence-corrected chi connectivity index (χ1v) is 3.93. The Morgan fingerprint density at radius 1 is 1.50 bits per heavy atom. The summed E-state index contributed by atoms with van der Waals surface area (Å²) < 4.78 is 13.0. The van der Waals surface area contributed by atoms with E-state index >= 15 is 0 Å². The lowest BCUT2D eigenvalue weighted by Crippen LogP contribution is -1.79. The predicted octanol–water partition coefficient (Wildman–Crippen LogP) is 2.14. The molecule has 0 N–H and O–H groups in total. The minimum absolute atomic E-state index is 0.341. The second-order valence-electron chi connectivity index (χ2n) is 2.02. The van der Waals surface area contributed by atoms with E-state index in [4.69, 9.17) is 0 Å². The number of carbonyl (C=O) groups is 1. The quantitative estimate of drug-likeness (QED) is 0.490. The summed E-state index contributed by atoms with van der Waals surface area (Å²) in [5, 5.41) is 0. The summed E-state index contributed by atoms with van der Waals surface area (Å²) in [6.07, 6.45) is 0.497. The number of aldehydes is 1. The number of halogens is 2. The molecule has 0 spiro atoms. The van der Waals surface area contributed by atoms with Crippen molar-refractivity contribution in [2.45, 2.75) is 0 Å². The molecule has 0 bridgehead atoms. The molecule has 12 heavy (non-hydrogen) atoms. The van der Waals surface area contributed by atoms with Gasteiger partial charge in [-0.15, -0.1) is 0 Å². The van der Waals surface area contributed by atoms with Crippen molar-refractivity contribution in [3.8, 4) is 11.8 Å². The molecular formula is C9H4BrFO. The van der Waals surface area contributed by atoms with Gasteiger partial charge in [-0.05, 0) is 40.0 Å². The van der Waals surface area contributed by atoms with Gasteiger partial charge in [-0.25, -0.2) is 4.39 Å². The largest absolute Gasteiger partial charge is 0.289 e. The highest BCUT2D eigenvalue weighted by atomic mass is 79.9. The van der Waals surface area contributed by atoms with Crippen LogP contribution >= 0.6 is 15.9 Å². The highest BCUT2D eigenvalue weighted by Crippen LogP contribution is 2.15. The molecule has 0 aromatic heterocycles. The summed E-state index contributed by atoms with van der Waals surface area (Å²) >= 11 is 3.01. The Hall–Kier alpha value is -1.14. The van der Waals surface area contributed by atoms with Crippen LogP contribution in [0, 0.1) is 17.7 Å². The van der Waals surface area contributed by atoms with E-state index in [0.717, 1.165) is 0 Å². The zero-order valence-electron chi connectivity index (χ0n) is 5.97. The van der Waals surface area contributed by atoms with Crippen LogP contribution in [0.15, 0.2) is 22.7 Å². The van der Waals surface area contributed by atoms with Gasteiger partial charge in [0.25, 0.3) is 0 Å². The number of rotatable bonds is 0.